The van der Waals surface area contributed by atoms with Crippen molar-refractivity contribution in [2.45, 2.75) is 59.2 Å². The predicted molar refractivity (Wildman–Crippen MR) is 144 cm³/mol. The molecule has 0 aliphatic rings. The molecular formula is C30H39NO6. The van der Waals surface area contributed by atoms with E-state index in [9.17, 15) is 9.59 Å². The minimum absolute atomic E-state index is 0.267. The molecule has 0 bridgehead atoms. The molecule has 0 aromatic heterocycles. The molecule has 1 amide bonds. The van der Waals surface area contributed by atoms with Gasteiger partial charge in [0.05, 0.1) is 32.4 Å². The van der Waals surface area contributed by atoms with Crippen LogP contribution in [0.1, 0.15) is 45.7 Å². The van der Waals surface area contributed by atoms with Gasteiger partial charge in [-0.3, -0.25) is 4.90 Å². The SMILES string of the molecule is CCOC(=O)/C=C(/C=C/[C@H](Cc1ccccc1)N(Cc1ccc(OC)cc1)C(=O)OC(C)(C)C)OCC. The lowest BCUT2D eigenvalue weighted by Crippen LogP contribution is -2.43. The van der Waals surface area contributed by atoms with Crippen LogP contribution in [0.15, 0.2) is 78.6 Å². The molecule has 0 fully saturated rings. The number of hydrogen-bond acceptors (Lipinski definition) is 6. The van der Waals surface area contributed by atoms with E-state index >= 15 is 0 Å². The summed E-state index contributed by atoms with van der Waals surface area (Å²) in [4.78, 5) is 27.2. The second-order valence-electron chi connectivity index (χ2n) is 9.30. The van der Waals surface area contributed by atoms with Crippen LogP contribution in [0.4, 0.5) is 4.79 Å². The summed E-state index contributed by atoms with van der Waals surface area (Å²) in [6.45, 7) is 10.1. The Hall–Kier alpha value is -3.74. The van der Waals surface area contributed by atoms with Gasteiger partial charge in [0, 0.05) is 6.54 Å². The fourth-order valence-corrected chi connectivity index (χ4v) is 3.51. The van der Waals surface area contributed by atoms with Crippen molar-refractivity contribution in [2.24, 2.45) is 0 Å². The monoisotopic (exact) mass is 509 g/mol. The molecule has 0 aliphatic heterocycles. The van der Waals surface area contributed by atoms with Crippen molar-refractivity contribution in [3.8, 4) is 5.75 Å². The van der Waals surface area contributed by atoms with Crippen molar-refractivity contribution >= 4 is 12.1 Å². The molecule has 0 radical (unpaired) electrons. The van der Waals surface area contributed by atoms with Crippen molar-refractivity contribution in [3.63, 3.8) is 0 Å². The zero-order chi connectivity index (χ0) is 27.3. The van der Waals surface area contributed by atoms with Crippen molar-refractivity contribution in [2.75, 3.05) is 20.3 Å². The predicted octanol–water partition coefficient (Wildman–Crippen LogP) is 6.08. The lowest BCUT2D eigenvalue weighted by atomic mass is 10.0. The summed E-state index contributed by atoms with van der Waals surface area (Å²) in [7, 11) is 1.61. The molecule has 1 atom stereocenters. The average molecular weight is 510 g/mol. The van der Waals surface area contributed by atoms with Crippen LogP contribution >= 0.6 is 0 Å². The van der Waals surface area contributed by atoms with Gasteiger partial charge < -0.3 is 18.9 Å². The van der Waals surface area contributed by atoms with Crippen LogP contribution in [0.3, 0.4) is 0 Å². The van der Waals surface area contributed by atoms with Crippen molar-refractivity contribution < 1.29 is 28.5 Å². The maximum absolute atomic E-state index is 13.5. The molecule has 2 aromatic carbocycles. The molecule has 2 rings (SSSR count). The molecule has 0 spiro atoms. The number of allylic oxidation sites excluding steroid dienone is 1. The second kappa shape index (κ2) is 14.7. The van der Waals surface area contributed by atoms with E-state index in [1.54, 1.807) is 25.0 Å². The number of nitrogens with zero attached hydrogens (tertiary/aromatic N) is 1. The third kappa shape index (κ3) is 10.8. The van der Waals surface area contributed by atoms with Gasteiger partial charge in [-0.2, -0.15) is 0 Å². The molecule has 0 aliphatic carbocycles. The Labute approximate surface area is 220 Å². The lowest BCUT2D eigenvalue weighted by Gasteiger charge is -2.32. The average Bonchev–Trinajstić information content (AvgIpc) is 2.85. The summed E-state index contributed by atoms with van der Waals surface area (Å²) in [6.07, 6.45) is 4.97. The first kappa shape index (κ1) is 29.5. The van der Waals surface area contributed by atoms with Gasteiger partial charge >= 0.3 is 12.1 Å². The van der Waals surface area contributed by atoms with E-state index in [4.69, 9.17) is 18.9 Å². The number of carbonyl (C=O) groups is 2. The largest absolute Gasteiger partial charge is 0.497 e. The third-order valence-corrected chi connectivity index (χ3v) is 5.17. The van der Waals surface area contributed by atoms with Crippen LogP contribution in [-0.2, 0) is 32.0 Å². The highest BCUT2D eigenvalue weighted by molar-refractivity contribution is 5.82. The van der Waals surface area contributed by atoms with Crippen LogP contribution in [0, 0.1) is 0 Å². The van der Waals surface area contributed by atoms with Gasteiger partial charge in [-0.1, -0.05) is 48.5 Å². The van der Waals surface area contributed by atoms with Crippen LogP contribution in [0.2, 0.25) is 0 Å². The molecule has 2 aromatic rings. The fourth-order valence-electron chi connectivity index (χ4n) is 3.51. The molecule has 0 heterocycles. The zero-order valence-corrected chi connectivity index (χ0v) is 22.7. The lowest BCUT2D eigenvalue weighted by molar-refractivity contribution is -0.137. The summed E-state index contributed by atoms with van der Waals surface area (Å²) in [5, 5.41) is 0. The topological polar surface area (TPSA) is 74.3 Å². The smallest absolute Gasteiger partial charge is 0.411 e. The first-order valence-corrected chi connectivity index (χ1v) is 12.5. The quantitative estimate of drug-likeness (QED) is 0.149. The van der Waals surface area contributed by atoms with E-state index in [-0.39, 0.29) is 6.61 Å². The van der Waals surface area contributed by atoms with E-state index in [2.05, 4.69) is 0 Å². The Balaban J connectivity index is 2.49. The van der Waals surface area contributed by atoms with E-state index in [0.29, 0.717) is 25.3 Å². The summed E-state index contributed by atoms with van der Waals surface area (Å²) in [6, 6.07) is 17.1. The Morgan fingerprint density at radius 2 is 1.57 bits per heavy atom. The molecule has 0 saturated carbocycles. The van der Waals surface area contributed by atoms with Crippen LogP contribution in [-0.4, -0.2) is 48.9 Å². The summed E-state index contributed by atoms with van der Waals surface area (Å²) in [5.41, 5.74) is 1.30. The fraction of sp³-hybridized carbons (Fsp3) is 0.400. The minimum Gasteiger partial charge on any atom is -0.497 e. The first-order valence-electron chi connectivity index (χ1n) is 12.5. The maximum atomic E-state index is 13.5. The Morgan fingerprint density at radius 1 is 0.919 bits per heavy atom. The van der Waals surface area contributed by atoms with E-state index in [1.165, 1.54) is 6.08 Å². The van der Waals surface area contributed by atoms with E-state index in [1.807, 2.05) is 88.4 Å². The molecule has 7 heteroatoms. The Bertz CT molecular complexity index is 1040. The van der Waals surface area contributed by atoms with Crippen molar-refractivity contribution in [3.05, 3.63) is 89.7 Å². The third-order valence-electron chi connectivity index (χ3n) is 5.17. The maximum Gasteiger partial charge on any atom is 0.411 e. The number of methoxy groups -OCH3 is 1. The van der Waals surface area contributed by atoms with Crippen LogP contribution in [0.5, 0.6) is 5.75 Å². The molecule has 0 N–H and O–H groups in total. The van der Waals surface area contributed by atoms with Crippen molar-refractivity contribution in [1.29, 1.82) is 0 Å². The highest BCUT2D eigenvalue weighted by Crippen LogP contribution is 2.21. The summed E-state index contributed by atoms with van der Waals surface area (Å²) in [5.74, 6) is 0.601. The normalized spacial score (nSPS) is 12.6. The molecule has 0 saturated heterocycles. The summed E-state index contributed by atoms with van der Waals surface area (Å²) < 4.78 is 21.8. The van der Waals surface area contributed by atoms with Gasteiger partial charge in [0.2, 0.25) is 0 Å². The van der Waals surface area contributed by atoms with Gasteiger partial charge in [-0.25, -0.2) is 9.59 Å². The van der Waals surface area contributed by atoms with Gasteiger partial charge in [-0.15, -0.1) is 0 Å². The minimum atomic E-state index is -0.670. The number of rotatable bonds is 12. The number of ether oxygens (including phenoxy) is 4. The van der Waals surface area contributed by atoms with E-state index < -0.39 is 23.7 Å². The van der Waals surface area contributed by atoms with Crippen LogP contribution < -0.4 is 4.74 Å². The summed E-state index contributed by atoms with van der Waals surface area (Å²) >= 11 is 0. The standard InChI is InChI=1S/C30H39NO6/c1-7-35-27(21-28(32)36-8-2)19-16-25(20-23-12-10-9-11-13-23)31(29(33)37-30(3,4)5)22-24-14-17-26(34-6)18-15-24/h9-19,21,25H,7-8,20,22H2,1-6H3/b19-16+,27-21-/t25-/m1/s1. The van der Waals surface area contributed by atoms with Gasteiger partial charge in [0.15, 0.2) is 0 Å². The molecular weight excluding hydrogens is 470 g/mol. The molecule has 37 heavy (non-hydrogen) atoms. The number of carbonyl (C=O) groups excluding carboxylic acids is 2. The number of amides is 1. The number of esters is 1. The Morgan fingerprint density at radius 3 is 2.14 bits per heavy atom. The van der Waals surface area contributed by atoms with Gasteiger partial charge in [0.25, 0.3) is 0 Å². The second-order valence-corrected chi connectivity index (χ2v) is 9.30. The van der Waals surface area contributed by atoms with Gasteiger partial charge in [0.1, 0.15) is 17.1 Å². The van der Waals surface area contributed by atoms with Crippen LogP contribution in [0.25, 0.3) is 0 Å². The van der Waals surface area contributed by atoms with Gasteiger partial charge in [-0.05, 0) is 70.4 Å². The molecule has 200 valence electrons. The van der Waals surface area contributed by atoms with E-state index in [0.717, 1.165) is 16.9 Å². The van der Waals surface area contributed by atoms with Crippen molar-refractivity contribution in [1.82, 2.24) is 4.90 Å². The Kier molecular flexibility index (Phi) is 11.7. The highest BCUT2D eigenvalue weighted by atomic mass is 16.6. The number of hydrogen-bond donors (Lipinski definition) is 0. The number of benzene rings is 2. The molecule has 7 nitrogen and oxygen atoms in total. The molecule has 0 unspecified atom stereocenters. The highest BCUT2D eigenvalue weighted by Gasteiger charge is 2.28. The zero-order valence-electron chi connectivity index (χ0n) is 22.7. The first-order chi connectivity index (χ1) is 17.6.